The summed E-state index contributed by atoms with van der Waals surface area (Å²) in [7, 11) is 0. The molecule has 148 valence electrons. The monoisotopic (exact) mass is 406 g/mol. The molecule has 0 fully saturated rings. The second-order valence-corrected chi connectivity index (χ2v) is 7.91. The van der Waals surface area contributed by atoms with Crippen LogP contribution in [0.15, 0.2) is 60.8 Å². The third-order valence-electron chi connectivity index (χ3n) is 4.91. The smallest absolute Gasteiger partial charge is 0.407 e. The number of amides is 1. The van der Waals surface area contributed by atoms with Crippen LogP contribution in [0.2, 0.25) is 0 Å². The zero-order chi connectivity index (χ0) is 20.1. The Kier molecular flexibility index (Phi) is 6.03. The highest BCUT2D eigenvalue weighted by Gasteiger charge is 2.28. The largest absolute Gasteiger partial charge is 0.449 e. The quantitative estimate of drug-likeness (QED) is 0.564. The predicted molar refractivity (Wildman–Crippen MR) is 115 cm³/mol. The van der Waals surface area contributed by atoms with E-state index < -0.39 is 6.09 Å². The van der Waals surface area contributed by atoms with E-state index in [2.05, 4.69) is 34.6 Å². The van der Waals surface area contributed by atoms with Gasteiger partial charge in [0.05, 0.1) is 11.5 Å². The van der Waals surface area contributed by atoms with Gasteiger partial charge in [0, 0.05) is 18.7 Å². The molecule has 0 radical (unpaired) electrons. The number of carbonyl (C=O) groups excluding carboxylic acids is 1. The van der Waals surface area contributed by atoms with Crippen molar-refractivity contribution in [2.24, 2.45) is 0 Å². The summed E-state index contributed by atoms with van der Waals surface area (Å²) in [5.41, 5.74) is 4.84. The molecule has 5 nitrogen and oxygen atoms in total. The molecule has 0 aliphatic heterocycles. The molecule has 1 aromatic heterocycles. The van der Waals surface area contributed by atoms with Gasteiger partial charge < -0.3 is 15.2 Å². The van der Waals surface area contributed by atoms with Gasteiger partial charge in [-0.15, -0.1) is 11.3 Å². The Morgan fingerprint density at radius 1 is 1.14 bits per heavy atom. The molecule has 0 spiro atoms. The minimum Gasteiger partial charge on any atom is -0.449 e. The van der Waals surface area contributed by atoms with Crippen LogP contribution in [0.3, 0.4) is 0 Å². The highest BCUT2D eigenvalue weighted by atomic mass is 32.1. The van der Waals surface area contributed by atoms with Crippen molar-refractivity contribution >= 4 is 23.5 Å². The van der Waals surface area contributed by atoms with Crippen LogP contribution in [0.1, 0.15) is 33.4 Å². The maximum atomic E-state index is 12.1. The van der Waals surface area contributed by atoms with E-state index in [1.165, 1.54) is 33.6 Å². The maximum absolute atomic E-state index is 12.1. The molecule has 3 aromatic rings. The SMILES string of the molecule is O=C(NCCC=Cc1ncc(CO)s1)OCC1c2ccccc2-c2ccccc21. The first-order valence-electron chi connectivity index (χ1n) is 9.57. The highest BCUT2D eigenvalue weighted by molar-refractivity contribution is 7.12. The number of benzene rings is 2. The van der Waals surface area contributed by atoms with Gasteiger partial charge >= 0.3 is 6.09 Å². The van der Waals surface area contributed by atoms with Gasteiger partial charge in [0.25, 0.3) is 0 Å². The first kappa shape index (κ1) is 19.4. The lowest BCUT2D eigenvalue weighted by Gasteiger charge is -2.14. The molecule has 29 heavy (non-hydrogen) atoms. The number of ether oxygens (including phenoxy) is 1. The number of aromatic nitrogens is 1. The summed E-state index contributed by atoms with van der Waals surface area (Å²) in [6.45, 7) is 0.818. The van der Waals surface area contributed by atoms with Crippen LogP contribution < -0.4 is 5.32 Å². The van der Waals surface area contributed by atoms with Crippen molar-refractivity contribution in [3.8, 4) is 11.1 Å². The maximum Gasteiger partial charge on any atom is 0.407 e. The van der Waals surface area contributed by atoms with Gasteiger partial charge in [-0.2, -0.15) is 0 Å². The van der Waals surface area contributed by atoms with E-state index in [4.69, 9.17) is 9.84 Å². The number of rotatable bonds is 7. The summed E-state index contributed by atoms with van der Waals surface area (Å²) in [5.74, 6) is 0.0682. The van der Waals surface area contributed by atoms with Crippen LogP contribution in [-0.4, -0.2) is 29.3 Å². The van der Waals surface area contributed by atoms with Crippen molar-refractivity contribution in [2.75, 3.05) is 13.2 Å². The lowest BCUT2D eigenvalue weighted by atomic mass is 9.98. The fraction of sp³-hybridized carbons (Fsp3) is 0.217. The second-order valence-electron chi connectivity index (χ2n) is 6.77. The Morgan fingerprint density at radius 2 is 1.83 bits per heavy atom. The number of hydrogen-bond donors (Lipinski definition) is 2. The molecule has 0 saturated carbocycles. The number of nitrogens with zero attached hydrogens (tertiary/aromatic N) is 1. The summed E-state index contributed by atoms with van der Waals surface area (Å²) in [6, 6.07) is 16.6. The molecule has 6 heteroatoms. The molecule has 0 bridgehead atoms. The third kappa shape index (κ3) is 4.39. The number of hydrogen-bond acceptors (Lipinski definition) is 5. The number of fused-ring (bicyclic) bond motifs is 3. The van der Waals surface area contributed by atoms with Gasteiger partial charge in [-0.3, -0.25) is 0 Å². The Morgan fingerprint density at radius 3 is 2.48 bits per heavy atom. The van der Waals surface area contributed by atoms with Gasteiger partial charge in [-0.25, -0.2) is 9.78 Å². The number of carbonyl (C=O) groups is 1. The summed E-state index contributed by atoms with van der Waals surface area (Å²) in [5, 5.41) is 12.7. The minimum atomic E-state index is -0.405. The van der Waals surface area contributed by atoms with Gasteiger partial charge in [0.1, 0.15) is 11.6 Å². The Hall–Kier alpha value is -2.96. The molecule has 1 aliphatic carbocycles. The normalized spacial score (nSPS) is 12.7. The molecule has 0 atom stereocenters. The second kappa shape index (κ2) is 9.03. The van der Waals surface area contributed by atoms with Crippen LogP contribution in [0.5, 0.6) is 0 Å². The van der Waals surface area contributed by atoms with E-state index in [-0.39, 0.29) is 12.5 Å². The predicted octanol–water partition coefficient (Wildman–Crippen LogP) is 4.58. The number of alkyl carbamates (subject to hydrolysis) is 1. The Labute approximate surface area is 173 Å². The fourth-order valence-electron chi connectivity index (χ4n) is 3.56. The summed E-state index contributed by atoms with van der Waals surface area (Å²) in [4.78, 5) is 17.1. The van der Waals surface area contributed by atoms with Crippen LogP contribution in [0.4, 0.5) is 4.79 Å². The number of nitrogens with one attached hydrogen (secondary N) is 1. The lowest BCUT2D eigenvalue weighted by molar-refractivity contribution is 0.143. The Balaban J connectivity index is 1.27. The minimum absolute atomic E-state index is 0.00878. The molecule has 2 N–H and O–H groups in total. The van der Waals surface area contributed by atoms with E-state index in [0.29, 0.717) is 19.6 Å². The molecule has 1 amide bonds. The topological polar surface area (TPSA) is 71.5 Å². The highest BCUT2D eigenvalue weighted by Crippen LogP contribution is 2.44. The summed E-state index contributed by atoms with van der Waals surface area (Å²) in [6.07, 6.45) is 5.78. The number of aliphatic hydroxyl groups is 1. The van der Waals surface area contributed by atoms with Crippen LogP contribution >= 0.6 is 11.3 Å². The van der Waals surface area contributed by atoms with E-state index in [9.17, 15) is 4.79 Å². The molecular formula is C23H22N2O3S. The van der Waals surface area contributed by atoms with Gasteiger partial charge in [-0.05, 0) is 34.8 Å². The summed E-state index contributed by atoms with van der Waals surface area (Å²) >= 11 is 1.45. The van der Waals surface area contributed by atoms with E-state index in [1.54, 1.807) is 6.20 Å². The van der Waals surface area contributed by atoms with Crippen molar-refractivity contribution < 1.29 is 14.6 Å². The van der Waals surface area contributed by atoms with Crippen molar-refractivity contribution in [3.63, 3.8) is 0 Å². The molecule has 4 rings (SSSR count). The van der Waals surface area contributed by atoms with E-state index in [1.807, 2.05) is 36.4 Å². The molecule has 0 unspecified atom stereocenters. The van der Waals surface area contributed by atoms with E-state index >= 15 is 0 Å². The molecule has 0 saturated heterocycles. The number of thiazole rings is 1. The van der Waals surface area contributed by atoms with Crippen molar-refractivity contribution in [2.45, 2.75) is 18.9 Å². The van der Waals surface area contributed by atoms with Crippen molar-refractivity contribution in [1.82, 2.24) is 10.3 Å². The molecule has 1 aliphatic rings. The first-order valence-corrected chi connectivity index (χ1v) is 10.4. The van der Waals surface area contributed by atoms with Crippen molar-refractivity contribution in [1.29, 1.82) is 0 Å². The summed E-state index contributed by atoms with van der Waals surface area (Å²) < 4.78 is 5.51. The molecule has 2 aromatic carbocycles. The van der Waals surface area contributed by atoms with Gasteiger partial charge in [0.2, 0.25) is 0 Å². The zero-order valence-electron chi connectivity index (χ0n) is 15.9. The first-order chi connectivity index (χ1) is 14.3. The van der Waals surface area contributed by atoms with Crippen molar-refractivity contribution in [3.05, 3.63) is 81.8 Å². The third-order valence-corrected chi connectivity index (χ3v) is 5.86. The number of aliphatic hydroxyl groups excluding tert-OH is 1. The molecule has 1 heterocycles. The molecular weight excluding hydrogens is 384 g/mol. The van der Waals surface area contributed by atoms with Crippen LogP contribution in [-0.2, 0) is 11.3 Å². The zero-order valence-corrected chi connectivity index (χ0v) is 16.7. The average molecular weight is 407 g/mol. The standard InChI is InChI=1S/C23H22N2O3S/c26-14-16-13-25-22(29-16)11-5-6-12-24-23(27)28-15-21-19-9-3-1-7-17(19)18-8-2-4-10-20(18)21/h1-5,7-11,13,21,26H,6,12,14-15H2,(H,24,27). The average Bonchev–Trinajstić information content (AvgIpc) is 3.34. The van der Waals surface area contributed by atoms with Gasteiger partial charge in [-0.1, -0.05) is 54.6 Å². The fourth-order valence-corrected chi connectivity index (χ4v) is 4.27. The van der Waals surface area contributed by atoms with Gasteiger partial charge in [0.15, 0.2) is 0 Å². The van der Waals surface area contributed by atoms with E-state index in [0.717, 1.165) is 9.88 Å². The van der Waals surface area contributed by atoms with Crippen LogP contribution in [0, 0.1) is 0 Å². The van der Waals surface area contributed by atoms with Crippen LogP contribution in [0.25, 0.3) is 17.2 Å². The Bertz CT molecular complexity index is 983. The lowest BCUT2D eigenvalue weighted by Crippen LogP contribution is -2.26.